The number of hydrogen-bond donors (Lipinski definition) is 2. The van der Waals surface area contributed by atoms with Gasteiger partial charge < -0.3 is 24.8 Å². The molecule has 0 unspecified atom stereocenters. The number of nitrogens with zero attached hydrogens (tertiary/aromatic N) is 3. The van der Waals surface area contributed by atoms with E-state index in [-0.39, 0.29) is 18.1 Å². The van der Waals surface area contributed by atoms with Crippen molar-refractivity contribution in [3.63, 3.8) is 0 Å². The van der Waals surface area contributed by atoms with Crippen molar-refractivity contribution in [1.82, 2.24) is 25.1 Å². The van der Waals surface area contributed by atoms with Crippen molar-refractivity contribution in [3.05, 3.63) is 90.5 Å². The first kappa shape index (κ1) is 27.0. The number of rotatable bonds is 7. The van der Waals surface area contributed by atoms with Gasteiger partial charge >= 0.3 is 6.09 Å². The molecular formula is C33H37N5O3. The van der Waals surface area contributed by atoms with Crippen LogP contribution in [0.4, 0.5) is 4.79 Å². The van der Waals surface area contributed by atoms with Gasteiger partial charge in [-0.2, -0.15) is 0 Å². The molecule has 6 rings (SSSR count). The summed E-state index contributed by atoms with van der Waals surface area (Å²) in [6.45, 7) is 2.88. The molecular weight excluding hydrogens is 514 g/mol. The number of fused-ring (bicyclic) bond motifs is 1. The van der Waals surface area contributed by atoms with Crippen LogP contribution in [0, 0.1) is 0 Å². The van der Waals surface area contributed by atoms with Crippen LogP contribution in [0.1, 0.15) is 37.3 Å². The molecule has 2 saturated heterocycles. The molecule has 3 heterocycles. The van der Waals surface area contributed by atoms with E-state index in [1.165, 1.54) is 0 Å². The van der Waals surface area contributed by atoms with Gasteiger partial charge in [0.15, 0.2) is 0 Å². The van der Waals surface area contributed by atoms with Crippen LogP contribution < -0.4 is 10.6 Å². The molecule has 0 radical (unpaired) electrons. The van der Waals surface area contributed by atoms with E-state index in [1.807, 2.05) is 59.5 Å². The number of para-hydroxylation sites is 2. The highest BCUT2D eigenvalue weighted by atomic mass is 16.6. The van der Waals surface area contributed by atoms with Gasteiger partial charge in [0, 0.05) is 31.1 Å². The van der Waals surface area contributed by atoms with Gasteiger partial charge in [0.05, 0.1) is 11.0 Å². The average Bonchev–Trinajstić information content (AvgIpc) is 3.42. The number of benzene rings is 3. The number of aromatic nitrogens is 2. The Bertz CT molecular complexity index is 1460. The molecule has 2 aliphatic heterocycles. The SMILES string of the molecule is O=C(N[C@H](Cc1ccccc1)C(=O)N1CCC(n2c(-c3ccccc3)nc3ccccc32)CC1)OC1CCNCC1. The Hall–Kier alpha value is -4.17. The quantitative estimate of drug-likeness (QED) is 0.339. The molecule has 4 aromatic rings. The fraction of sp³-hybridized carbons (Fsp3) is 0.364. The largest absolute Gasteiger partial charge is 0.446 e. The number of likely N-dealkylation sites (tertiary alicyclic amines) is 1. The summed E-state index contributed by atoms with van der Waals surface area (Å²) in [6, 6.07) is 27.9. The van der Waals surface area contributed by atoms with E-state index in [0.717, 1.165) is 66.8 Å². The van der Waals surface area contributed by atoms with E-state index < -0.39 is 12.1 Å². The maximum absolute atomic E-state index is 13.9. The Labute approximate surface area is 240 Å². The maximum Gasteiger partial charge on any atom is 0.408 e. The van der Waals surface area contributed by atoms with Gasteiger partial charge in [-0.05, 0) is 56.5 Å². The summed E-state index contributed by atoms with van der Waals surface area (Å²) in [5.41, 5.74) is 4.17. The molecule has 1 aromatic heterocycles. The molecule has 212 valence electrons. The molecule has 1 atom stereocenters. The van der Waals surface area contributed by atoms with Crippen molar-refractivity contribution < 1.29 is 14.3 Å². The smallest absolute Gasteiger partial charge is 0.408 e. The molecule has 8 nitrogen and oxygen atoms in total. The minimum absolute atomic E-state index is 0.0617. The van der Waals surface area contributed by atoms with Crippen LogP contribution in [-0.4, -0.2) is 64.8 Å². The Morgan fingerprint density at radius 2 is 1.54 bits per heavy atom. The number of imidazole rings is 1. The summed E-state index contributed by atoms with van der Waals surface area (Å²) < 4.78 is 8.04. The summed E-state index contributed by atoms with van der Waals surface area (Å²) >= 11 is 0. The predicted octanol–water partition coefficient (Wildman–Crippen LogP) is 4.96. The Kier molecular flexibility index (Phi) is 8.28. The van der Waals surface area contributed by atoms with Crippen molar-refractivity contribution >= 4 is 23.0 Å². The van der Waals surface area contributed by atoms with E-state index in [9.17, 15) is 9.59 Å². The van der Waals surface area contributed by atoms with E-state index in [1.54, 1.807) is 0 Å². The Morgan fingerprint density at radius 1 is 0.878 bits per heavy atom. The first-order valence-corrected chi connectivity index (χ1v) is 14.7. The first-order chi connectivity index (χ1) is 20.2. The van der Waals surface area contributed by atoms with E-state index in [2.05, 4.69) is 45.5 Å². The number of carbonyl (C=O) groups is 2. The van der Waals surface area contributed by atoms with Crippen molar-refractivity contribution in [3.8, 4) is 11.4 Å². The minimum atomic E-state index is -0.683. The summed E-state index contributed by atoms with van der Waals surface area (Å²) in [5, 5.41) is 6.20. The topological polar surface area (TPSA) is 88.5 Å². The second-order valence-electron chi connectivity index (χ2n) is 11.0. The number of amides is 2. The molecule has 2 amide bonds. The van der Waals surface area contributed by atoms with Crippen molar-refractivity contribution in [1.29, 1.82) is 0 Å². The molecule has 0 bridgehead atoms. The fourth-order valence-corrected chi connectivity index (χ4v) is 6.06. The monoisotopic (exact) mass is 551 g/mol. The second kappa shape index (κ2) is 12.6. The zero-order chi connectivity index (χ0) is 28.0. The zero-order valence-electron chi connectivity index (χ0n) is 23.2. The molecule has 8 heteroatoms. The lowest BCUT2D eigenvalue weighted by Crippen LogP contribution is -2.52. The third-order valence-corrected chi connectivity index (χ3v) is 8.20. The van der Waals surface area contributed by atoms with E-state index in [4.69, 9.17) is 9.72 Å². The van der Waals surface area contributed by atoms with Gasteiger partial charge in [-0.1, -0.05) is 72.8 Å². The molecule has 2 N–H and O–H groups in total. The van der Waals surface area contributed by atoms with Crippen molar-refractivity contribution in [2.75, 3.05) is 26.2 Å². The van der Waals surface area contributed by atoms with Gasteiger partial charge in [-0.25, -0.2) is 9.78 Å². The highest BCUT2D eigenvalue weighted by molar-refractivity contribution is 5.86. The Balaban J connectivity index is 1.17. The van der Waals surface area contributed by atoms with Crippen LogP contribution in [0.2, 0.25) is 0 Å². The minimum Gasteiger partial charge on any atom is -0.446 e. The van der Waals surface area contributed by atoms with Crippen molar-refractivity contribution in [2.24, 2.45) is 0 Å². The van der Waals surface area contributed by atoms with E-state index >= 15 is 0 Å². The average molecular weight is 552 g/mol. The lowest BCUT2D eigenvalue weighted by Gasteiger charge is -2.35. The number of hydrogen-bond acceptors (Lipinski definition) is 5. The van der Waals surface area contributed by atoms with Crippen LogP contribution in [0.15, 0.2) is 84.9 Å². The van der Waals surface area contributed by atoms with Gasteiger partial charge in [0.25, 0.3) is 0 Å². The van der Waals surface area contributed by atoms with Gasteiger partial charge in [-0.15, -0.1) is 0 Å². The summed E-state index contributed by atoms with van der Waals surface area (Å²) in [6.07, 6.45) is 2.97. The van der Waals surface area contributed by atoms with Crippen LogP contribution >= 0.6 is 0 Å². The number of carbonyl (C=O) groups excluding carboxylic acids is 2. The first-order valence-electron chi connectivity index (χ1n) is 14.7. The Morgan fingerprint density at radius 3 is 2.27 bits per heavy atom. The highest BCUT2D eigenvalue weighted by Gasteiger charge is 2.32. The fourth-order valence-electron chi connectivity index (χ4n) is 6.06. The third-order valence-electron chi connectivity index (χ3n) is 8.20. The molecule has 3 aromatic carbocycles. The van der Waals surface area contributed by atoms with Gasteiger partial charge in [-0.3, -0.25) is 4.79 Å². The maximum atomic E-state index is 13.9. The zero-order valence-corrected chi connectivity index (χ0v) is 23.2. The van der Waals surface area contributed by atoms with Gasteiger partial charge in [0.1, 0.15) is 18.0 Å². The predicted molar refractivity (Wildman–Crippen MR) is 159 cm³/mol. The lowest BCUT2D eigenvalue weighted by molar-refractivity contribution is -0.134. The van der Waals surface area contributed by atoms with Crippen LogP contribution in [0.25, 0.3) is 22.4 Å². The molecule has 0 saturated carbocycles. The number of ether oxygens (including phenoxy) is 1. The van der Waals surface area contributed by atoms with Crippen LogP contribution in [0.3, 0.4) is 0 Å². The number of piperidine rings is 2. The molecule has 41 heavy (non-hydrogen) atoms. The summed E-state index contributed by atoms with van der Waals surface area (Å²) in [4.78, 5) is 33.6. The molecule has 0 spiro atoms. The number of alkyl carbamates (subject to hydrolysis) is 1. The number of nitrogens with one attached hydrogen (secondary N) is 2. The molecule has 2 fully saturated rings. The summed E-state index contributed by atoms with van der Waals surface area (Å²) in [7, 11) is 0. The van der Waals surface area contributed by atoms with Crippen LogP contribution in [0.5, 0.6) is 0 Å². The molecule has 2 aliphatic rings. The van der Waals surface area contributed by atoms with E-state index in [0.29, 0.717) is 19.5 Å². The lowest BCUT2D eigenvalue weighted by atomic mass is 10.0. The van der Waals surface area contributed by atoms with Crippen LogP contribution in [-0.2, 0) is 16.0 Å². The standard InChI is InChI=1S/C33H37N5O3/c39-32(29(23-24-9-3-1-4-10-24)36-33(40)41-27-15-19-34-20-16-27)37-21-17-26(18-22-37)38-30-14-8-7-13-28(30)35-31(38)25-11-5-2-6-12-25/h1-14,26-27,29,34H,15-23H2,(H,36,40)/t29-/m1/s1. The molecule has 0 aliphatic carbocycles. The third kappa shape index (κ3) is 6.28. The summed E-state index contributed by atoms with van der Waals surface area (Å²) in [5.74, 6) is 0.897. The highest BCUT2D eigenvalue weighted by Crippen LogP contribution is 2.33. The normalized spacial score (nSPS) is 17.3. The van der Waals surface area contributed by atoms with Gasteiger partial charge in [0.2, 0.25) is 5.91 Å². The van der Waals surface area contributed by atoms with Crippen molar-refractivity contribution in [2.45, 2.75) is 50.3 Å². The second-order valence-corrected chi connectivity index (χ2v) is 11.0.